The third kappa shape index (κ3) is 3.80. The molecule has 0 aliphatic carbocycles. The summed E-state index contributed by atoms with van der Waals surface area (Å²) in [5.41, 5.74) is 1.60. The van der Waals surface area contributed by atoms with E-state index in [4.69, 9.17) is 4.74 Å². The van der Waals surface area contributed by atoms with Crippen molar-refractivity contribution in [2.75, 3.05) is 25.0 Å². The molecule has 6 nitrogen and oxygen atoms in total. The second kappa shape index (κ2) is 7.11. The highest BCUT2D eigenvalue weighted by Crippen LogP contribution is 2.30. The number of likely N-dealkylation sites (tertiary alicyclic amines) is 1. The number of fused-ring (bicyclic) bond motifs is 1. The summed E-state index contributed by atoms with van der Waals surface area (Å²) < 4.78 is 5.36. The van der Waals surface area contributed by atoms with E-state index >= 15 is 0 Å². The lowest BCUT2D eigenvalue weighted by molar-refractivity contribution is -0.118. The number of hydrogen-bond donors (Lipinski definition) is 2. The van der Waals surface area contributed by atoms with Gasteiger partial charge in [0.15, 0.2) is 6.61 Å². The van der Waals surface area contributed by atoms with Crippen molar-refractivity contribution < 1.29 is 14.3 Å². The molecule has 2 heterocycles. The summed E-state index contributed by atoms with van der Waals surface area (Å²) in [6.45, 7) is 5.87. The van der Waals surface area contributed by atoms with E-state index in [0.29, 0.717) is 17.4 Å². The van der Waals surface area contributed by atoms with Gasteiger partial charge >= 0.3 is 6.03 Å². The molecule has 0 saturated carbocycles. The minimum Gasteiger partial charge on any atom is -0.482 e. The molecule has 0 radical (unpaired) electrons. The first-order valence-electron chi connectivity index (χ1n) is 8.65. The Morgan fingerprint density at radius 3 is 3.04 bits per heavy atom. The first-order chi connectivity index (χ1) is 11.5. The zero-order chi connectivity index (χ0) is 17.1. The number of benzene rings is 1. The molecule has 1 fully saturated rings. The van der Waals surface area contributed by atoms with Crippen LogP contribution in [0.15, 0.2) is 18.2 Å². The summed E-state index contributed by atoms with van der Waals surface area (Å²) >= 11 is 0. The number of anilines is 1. The number of rotatable bonds is 2. The van der Waals surface area contributed by atoms with Gasteiger partial charge in [0.2, 0.25) is 0 Å². The van der Waals surface area contributed by atoms with E-state index in [0.717, 1.165) is 31.5 Å². The number of urea groups is 1. The fraction of sp³-hybridized carbons (Fsp3) is 0.556. The lowest BCUT2D eigenvalue weighted by Gasteiger charge is -2.25. The molecule has 24 heavy (non-hydrogen) atoms. The Kier molecular flexibility index (Phi) is 4.92. The largest absolute Gasteiger partial charge is 0.482 e. The average Bonchev–Trinajstić information content (AvgIpc) is 2.78. The van der Waals surface area contributed by atoms with Gasteiger partial charge < -0.3 is 20.3 Å². The van der Waals surface area contributed by atoms with Crippen LogP contribution in [-0.2, 0) is 4.79 Å². The molecule has 2 aliphatic heterocycles. The van der Waals surface area contributed by atoms with E-state index in [1.54, 1.807) is 0 Å². The van der Waals surface area contributed by atoms with Crippen LogP contribution < -0.4 is 15.4 Å². The van der Waals surface area contributed by atoms with Gasteiger partial charge in [-0.25, -0.2) is 4.79 Å². The zero-order valence-corrected chi connectivity index (χ0v) is 14.3. The van der Waals surface area contributed by atoms with E-state index in [-0.39, 0.29) is 24.6 Å². The van der Waals surface area contributed by atoms with Crippen molar-refractivity contribution in [3.05, 3.63) is 23.8 Å². The van der Waals surface area contributed by atoms with Crippen molar-refractivity contribution in [2.24, 2.45) is 5.92 Å². The quantitative estimate of drug-likeness (QED) is 0.875. The molecule has 2 N–H and O–H groups in total. The predicted octanol–water partition coefficient (Wildman–Crippen LogP) is 2.91. The van der Waals surface area contributed by atoms with Crippen LogP contribution >= 0.6 is 0 Å². The number of ether oxygens (including phenoxy) is 1. The Balaban J connectivity index is 1.64. The van der Waals surface area contributed by atoms with Gasteiger partial charge in [-0.05, 0) is 49.8 Å². The molecule has 0 unspecified atom stereocenters. The van der Waals surface area contributed by atoms with Gasteiger partial charge in [-0.15, -0.1) is 0 Å². The van der Waals surface area contributed by atoms with Gasteiger partial charge in [-0.2, -0.15) is 0 Å². The topological polar surface area (TPSA) is 70.7 Å². The average molecular weight is 331 g/mol. The molecule has 0 spiro atoms. The molecule has 3 amide bonds. The summed E-state index contributed by atoms with van der Waals surface area (Å²) in [7, 11) is 0. The first-order valence-corrected chi connectivity index (χ1v) is 8.65. The third-order valence-electron chi connectivity index (χ3n) is 4.78. The Morgan fingerprint density at radius 2 is 2.21 bits per heavy atom. The van der Waals surface area contributed by atoms with Gasteiger partial charge in [0.25, 0.3) is 5.91 Å². The summed E-state index contributed by atoms with van der Waals surface area (Å²) in [5, 5.41) is 5.86. The monoisotopic (exact) mass is 331 g/mol. The Hall–Kier alpha value is -2.24. The minimum absolute atomic E-state index is 0.0189. The molecule has 1 aromatic carbocycles. The summed E-state index contributed by atoms with van der Waals surface area (Å²) in [6, 6.07) is 5.46. The molecule has 1 aromatic rings. The maximum absolute atomic E-state index is 12.5. The molecule has 2 aliphatic rings. The third-order valence-corrected chi connectivity index (χ3v) is 4.78. The van der Waals surface area contributed by atoms with Crippen LogP contribution in [0.4, 0.5) is 10.5 Å². The maximum Gasteiger partial charge on any atom is 0.317 e. The van der Waals surface area contributed by atoms with Crippen molar-refractivity contribution >= 4 is 17.6 Å². The standard InChI is InChI=1S/C18H25N3O3/c1-12-4-3-8-21(9-7-12)18(23)19-13(2)14-5-6-16-15(10-14)20-17(22)11-24-16/h5-6,10,12-13H,3-4,7-9,11H2,1-2H3,(H,19,23)(H,20,22)/t12-,13-/m0/s1. The highest BCUT2D eigenvalue weighted by atomic mass is 16.5. The first kappa shape index (κ1) is 16.6. The Morgan fingerprint density at radius 1 is 1.38 bits per heavy atom. The fourth-order valence-corrected chi connectivity index (χ4v) is 3.20. The van der Waals surface area contributed by atoms with Gasteiger partial charge in [0, 0.05) is 13.1 Å². The molecule has 3 rings (SSSR count). The van der Waals surface area contributed by atoms with E-state index in [2.05, 4.69) is 17.6 Å². The molecule has 1 saturated heterocycles. The fourth-order valence-electron chi connectivity index (χ4n) is 3.20. The minimum atomic E-state index is -0.157. The van der Waals surface area contributed by atoms with Crippen molar-refractivity contribution in [3.63, 3.8) is 0 Å². The molecule has 130 valence electrons. The lowest BCUT2D eigenvalue weighted by atomic mass is 10.0. The van der Waals surface area contributed by atoms with Crippen molar-refractivity contribution in [3.8, 4) is 5.75 Å². The molecular formula is C18H25N3O3. The van der Waals surface area contributed by atoms with Crippen molar-refractivity contribution in [2.45, 2.75) is 39.2 Å². The SMILES string of the molecule is C[C@H]1CCCN(C(=O)N[C@@H](C)c2ccc3c(c2)NC(=O)CO3)CC1. The van der Waals surface area contributed by atoms with Crippen LogP contribution in [0.3, 0.4) is 0 Å². The number of amides is 3. The lowest BCUT2D eigenvalue weighted by Crippen LogP contribution is -2.41. The van der Waals surface area contributed by atoms with Crippen LogP contribution in [0.1, 0.15) is 44.7 Å². The van der Waals surface area contributed by atoms with Gasteiger partial charge in [0.1, 0.15) is 5.75 Å². The van der Waals surface area contributed by atoms with Crippen LogP contribution in [0, 0.1) is 5.92 Å². The van der Waals surface area contributed by atoms with Crippen LogP contribution in [0.2, 0.25) is 0 Å². The number of hydrogen-bond acceptors (Lipinski definition) is 3. The van der Waals surface area contributed by atoms with Crippen LogP contribution in [0.5, 0.6) is 5.75 Å². The van der Waals surface area contributed by atoms with Gasteiger partial charge in [-0.1, -0.05) is 13.0 Å². The number of nitrogens with one attached hydrogen (secondary N) is 2. The maximum atomic E-state index is 12.5. The number of carbonyl (C=O) groups excluding carboxylic acids is 2. The Bertz CT molecular complexity index is 632. The van der Waals surface area contributed by atoms with E-state index in [1.165, 1.54) is 6.42 Å². The van der Waals surface area contributed by atoms with Crippen LogP contribution in [0.25, 0.3) is 0 Å². The van der Waals surface area contributed by atoms with Gasteiger partial charge in [0.05, 0.1) is 11.7 Å². The highest BCUT2D eigenvalue weighted by molar-refractivity contribution is 5.95. The van der Waals surface area contributed by atoms with Crippen molar-refractivity contribution in [1.82, 2.24) is 10.2 Å². The number of nitrogens with zero attached hydrogens (tertiary/aromatic N) is 1. The molecular weight excluding hydrogens is 306 g/mol. The van der Waals surface area contributed by atoms with Crippen molar-refractivity contribution in [1.29, 1.82) is 0 Å². The predicted molar refractivity (Wildman–Crippen MR) is 92.1 cm³/mol. The normalized spacial score (nSPS) is 21.8. The van der Waals surface area contributed by atoms with E-state index < -0.39 is 0 Å². The second-order valence-electron chi connectivity index (χ2n) is 6.79. The zero-order valence-electron chi connectivity index (χ0n) is 14.3. The van der Waals surface area contributed by atoms with Crippen LogP contribution in [-0.4, -0.2) is 36.5 Å². The molecule has 6 heteroatoms. The molecule has 0 bridgehead atoms. The molecule has 2 atom stereocenters. The molecule has 0 aromatic heterocycles. The summed E-state index contributed by atoms with van der Waals surface area (Å²) in [5.74, 6) is 1.19. The van der Waals surface area contributed by atoms with E-state index in [1.807, 2.05) is 30.0 Å². The summed E-state index contributed by atoms with van der Waals surface area (Å²) in [4.78, 5) is 25.8. The number of carbonyl (C=O) groups is 2. The van der Waals surface area contributed by atoms with Gasteiger partial charge in [-0.3, -0.25) is 4.79 Å². The Labute approximate surface area is 142 Å². The smallest absolute Gasteiger partial charge is 0.317 e. The summed E-state index contributed by atoms with van der Waals surface area (Å²) in [6.07, 6.45) is 3.30. The highest BCUT2D eigenvalue weighted by Gasteiger charge is 2.21. The van der Waals surface area contributed by atoms with E-state index in [9.17, 15) is 9.59 Å². The second-order valence-corrected chi connectivity index (χ2v) is 6.79.